The van der Waals surface area contributed by atoms with Crippen LogP contribution in [-0.2, 0) is 27.3 Å². The van der Waals surface area contributed by atoms with Gasteiger partial charge in [0.05, 0.1) is 0 Å². The van der Waals surface area contributed by atoms with Crippen LogP contribution in [0.15, 0.2) is 59.7 Å². The fourth-order valence-electron chi connectivity index (χ4n) is 14.4. The molecule has 93 heavy (non-hydrogen) atoms. The molecule has 1 aliphatic heterocycles. The van der Waals surface area contributed by atoms with Gasteiger partial charge in [-0.3, -0.25) is 0 Å². The summed E-state index contributed by atoms with van der Waals surface area (Å²) in [4.78, 5) is 0. The molecule has 1 heterocycles. The Morgan fingerprint density at radius 2 is 0.441 bits per heavy atom. The van der Waals surface area contributed by atoms with Crippen LogP contribution < -0.4 is 0 Å². The Balaban J connectivity index is 0.000000656. The molecule has 2 aromatic carbocycles. The van der Waals surface area contributed by atoms with Gasteiger partial charge in [0.15, 0.2) is 0 Å². The molecule has 0 amide bonds. The maximum atomic E-state index is 12.0. The zero-order valence-electron chi connectivity index (χ0n) is 63.9. The predicted molar refractivity (Wildman–Crippen MR) is 417 cm³/mol. The number of aryl methyl sites for hydroxylation is 2. The van der Waals surface area contributed by atoms with E-state index in [-0.39, 0.29) is 0 Å². The molecule has 2 aromatic rings. The SMILES string of the molecule is CCCCCCCCC1=C(c2cccc(CCCCCC)c2)[N+](=[N-])C(c2cccc(CCCC)c2)=C1CCCC.CCCCCCCCCCCCCCCCCCCCCCCCC[CH2][Ni][CH2]CCCCCCCCCCCCCCCCCCCCCCCCC. The van der Waals surface area contributed by atoms with Gasteiger partial charge in [0.25, 0.3) is 0 Å². The first-order valence-electron chi connectivity index (χ1n) is 42.6. The summed E-state index contributed by atoms with van der Waals surface area (Å²) in [6.45, 7) is 13.7. The van der Waals surface area contributed by atoms with Gasteiger partial charge in [0, 0.05) is 22.3 Å². The molecular weight excluding hydrogens is 1170 g/mol. The molecule has 1 aliphatic rings. The van der Waals surface area contributed by atoms with Crippen LogP contribution in [-0.4, -0.2) is 4.70 Å². The Kier molecular flexibility index (Phi) is 64.2. The molecule has 0 radical (unpaired) electrons. The topological polar surface area (TPSA) is 25.3 Å². The van der Waals surface area contributed by atoms with Gasteiger partial charge >= 0.3 is 166 Å². The van der Waals surface area contributed by atoms with Crippen molar-refractivity contribution in [3.63, 3.8) is 0 Å². The van der Waals surface area contributed by atoms with Crippen LogP contribution in [0.4, 0.5) is 0 Å². The van der Waals surface area contributed by atoms with Crippen molar-refractivity contribution < 1.29 is 19.1 Å². The molecule has 0 atom stereocenters. The number of unbranched alkanes of at least 4 members (excludes halogenated alkanes) is 56. The Morgan fingerprint density at radius 1 is 0.237 bits per heavy atom. The van der Waals surface area contributed by atoms with Crippen LogP contribution in [0.2, 0.25) is 10.8 Å². The fourth-order valence-corrected chi connectivity index (χ4v) is 15.7. The molecule has 0 N–H and O–H groups in total. The number of nitrogens with zero attached hydrogens (tertiary/aromatic N) is 2. The van der Waals surface area contributed by atoms with Crippen LogP contribution in [0.5, 0.6) is 0 Å². The number of hydrogen-bond acceptors (Lipinski definition) is 0. The third kappa shape index (κ3) is 50.1. The maximum absolute atomic E-state index is 12.0. The van der Waals surface area contributed by atoms with Gasteiger partial charge in [-0.1, -0.05) is 297 Å². The molecule has 0 fully saturated rings. The van der Waals surface area contributed by atoms with Gasteiger partial charge in [-0.05, 0) is 86.8 Å². The van der Waals surface area contributed by atoms with E-state index in [0.29, 0.717) is 0 Å². The van der Waals surface area contributed by atoms with Crippen LogP contribution in [0.25, 0.3) is 16.9 Å². The second-order valence-corrected chi connectivity index (χ2v) is 31.1. The van der Waals surface area contributed by atoms with Crippen molar-refractivity contribution in [3.8, 4) is 0 Å². The summed E-state index contributed by atoms with van der Waals surface area (Å²) in [5.41, 5.74) is 21.9. The molecule has 0 spiro atoms. The smallest absolute Gasteiger partial charge is 0.0654 e. The third-order valence-corrected chi connectivity index (χ3v) is 22.0. The molecule has 542 valence electrons. The summed E-state index contributed by atoms with van der Waals surface area (Å²) in [6, 6.07) is 18.0. The Bertz CT molecular complexity index is 1920. The normalized spacial score (nSPS) is 12.6. The van der Waals surface area contributed by atoms with Crippen molar-refractivity contribution in [1.82, 2.24) is 0 Å². The molecule has 0 saturated heterocycles. The first kappa shape index (κ1) is 87.1. The first-order valence-corrected chi connectivity index (χ1v) is 44.0. The molecule has 0 saturated carbocycles. The average Bonchev–Trinajstić information content (AvgIpc) is 1.62. The minimum absolute atomic E-state index is 1.02. The van der Waals surface area contributed by atoms with E-state index in [9.17, 15) is 5.53 Å². The van der Waals surface area contributed by atoms with E-state index in [4.69, 9.17) is 0 Å². The summed E-state index contributed by atoms with van der Waals surface area (Å²) >= 11 is 2.05. The number of hydrogen-bond donors (Lipinski definition) is 0. The number of allylic oxidation sites excluding steroid dienone is 2. The molecule has 3 rings (SSSR count). The average molecular weight is 1330 g/mol. The summed E-state index contributed by atoms with van der Waals surface area (Å²) in [7, 11) is 0. The Labute approximate surface area is 590 Å². The molecule has 3 heteroatoms. The second kappa shape index (κ2) is 68.5. The van der Waals surface area contributed by atoms with Crippen LogP contribution in [0.3, 0.4) is 0 Å². The van der Waals surface area contributed by atoms with E-state index in [1.54, 1.807) is 4.70 Å². The fraction of sp³-hybridized carbons (Fsp3) is 0.822. The number of rotatable bonds is 70. The summed E-state index contributed by atoms with van der Waals surface area (Å²) in [5, 5.41) is 2.87. The second-order valence-electron chi connectivity index (χ2n) is 29.6. The van der Waals surface area contributed by atoms with Gasteiger partial charge in [0.1, 0.15) is 0 Å². The van der Waals surface area contributed by atoms with Crippen molar-refractivity contribution in [2.24, 2.45) is 0 Å². The molecule has 0 aliphatic carbocycles. The van der Waals surface area contributed by atoms with Gasteiger partial charge in [-0.2, -0.15) is 0 Å². The standard InChI is InChI=1S/C38H56N2.2C26H53.Ni/c1-5-9-13-15-16-18-28-36-35(27-12-8-4)37(33-25-19-23-31(29-33)21-11-7-3)40(39)38(36)34-26-20-24-32(30-34)22-17-14-10-6-2;2*1-3-5-7-9-11-13-15-17-19-21-23-25-26-24-22-20-18-16-14-12-10-8-6-4-2;/h19-20,23-26,29-30H,5-18,21-22,27-28H2,1-4H3;2*1,3-26H2,2H3;. The van der Waals surface area contributed by atoms with Gasteiger partial charge in [-0.25, -0.2) is 4.70 Å². The third-order valence-electron chi connectivity index (χ3n) is 20.6. The summed E-state index contributed by atoms with van der Waals surface area (Å²) < 4.78 is 1.58. The van der Waals surface area contributed by atoms with Crippen molar-refractivity contribution in [2.45, 2.75) is 476 Å². The number of benzene rings is 2. The molecule has 0 unspecified atom stereocenters. The Hall–Kier alpha value is -1.99. The van der Waals surface area contributed by atoms with Crippen LogP contribution in [0.1, 0.15) is 475 Å². The van der Waals surface area contributed by atoms with Gasteiger partial charge in [-0.15, -0.1) is 0 Å². The molecular formula is C90H162N2Ni. The molecule has 2 nitrogen and oxygen atoms in total. The van der Waals surface area contributed by atoms with Crippen molar-refractivity contribution >= 4 is 11.4 Å². The van der Waals surface area contributed by atoms with Crippen molar-refractivity contribution in [3.05, 3.63) is 87.5 Å². The van der Waals surface area contributed by atoms with Crippen LogP contribution in [0, 0.1) is 0 Å². The first-order chi connectivity index (χ1) is 46.1. The zero-order valence-corrected chi connectivity index (χ0v) is 64.9. The minimum Gasteiger partial charge on any atom is -0.0654 e. The van der Waals surface area contributed by atoms with Crippen molar-refractivity contribution in [1.29, 1.82) is 0 Å². The minimum atomic E-state index is 1.02. The van der Waals surface area contributed by atoms with E-state index in [2.05, 4.69) is 105 Å². The monoisotopic (exact) mass is 1330 g/mol. The summed E-state index contributed by atoms with van der Waals surface area (Å²) in [6.07, 6.45) is 93.0. The quantitative estimate of drug-likeness (QED) is 0.0358. The van der Waals surface area contributed by atoms with E-state index >= 15 is 0 Å². The van der Waals surface area contributed by atoms with Crippen molar-refractivity contribution in [2.75, 3.05) is 0 Å². The van der Waals surface area contributed by atoms with Gasteiger partial charge in [0.2, 0.25) is 11.4 Å². The van der Waals surface area contributed by atoms with E-state index in [0.717, 1.165) is 55.5 Å². The van der Waals surface area contributed by atoms with E-state index < -0.39 is 0 Å². The Morgan fingerprint density at radius 3 is 0.720 bits per heavy atom. The molecule has 0 aromatic heterocycles. The zero-order chi connectivity index (χ0) is 66.6. The van der Waals surface area contributed by atoms with E-state index in [1.807, 2.05) is 0 Å². The summed E-state index contributed by atoms with van der Waals surface area (Å²) in [5.74, 6) is 0. The van der Waals surface area contributed by atoms with E-state index in [1.165, 1.54) is 424 Å². The molecule has 0 bridgehead atoms. The predicted octanol–water partition coefficient (Wildman–Crippen LogP) is 32.9. The van der Waals surface area contributed by atoms with Gasteiger partial charge < -0.3 is 5.53 Å². The van der Waals surface area contributed by atoms with Crippen LogP contribution >= 0.6 is 0 Å².